The smallest absolute Gasteiger partial charge is 0.258 e. The summed E-state index contributed by atoms with van der Waals surface area (Å²) in [6.07, 6.45) is 1.84. The van der Waals surface area contributed by atoms with Crippen LogP contribution in [0.1, 0.15) is 32.7 Å². The van der Waals surface area contributed by atoms with Gasteiger partial charge in [-0.1, -0.05) is 24.3 Å². The lowest BCUT2D eigenvalue weighted by Gasteiger charge is -2.30. The topological polar surface area (TPSA) is 62.3 Å². The van der Waals surface area contributed by atoms with Gasteiger partial charge < -0.3 is 10.2 Å². The third kappa shape index (κ3) is 3.46. The van der Waals surface area contributed by atoms with Crippen LogP contribution in [0.25, 0.3) is 10.2 Å². The zero-order chi connectivity index (χ0) is 20.5. The highest BCUT2D eigenvalue weighted by molar-refractivity contribution is 7.16. The van der Waals surface area contributed by atoms with E-state index in [0.717, 1.165) is 34.3 Å². The summed E-state index contributed by atoms with van der Waals surface area (Å²) in [5.41, 5.74) is 6.57. The quantitative estimate of drug-likeness (QED) is 0.506. The highest BCUT2D eigenvalue weighted by Crippen LogP contribution is 2.31. The van der Waals surface area contributed by atoms with Crippen LogP contribution < -0.4 is 10.2 Å². The molecule has 2 heterocycles. The summed E-state index contributed by atoms with van der Waals surface area (Å²) in [5, 5.41) is 2.97. The number of nitrogens with one attached hydrogen (secondary N) is 1. The van der Waals surface area contributed by atoms with E-state index in [1.165, 1.54) is 11.3 Å². The fourth-order valence-corrected chi connectivity index (χ4v) is 4.52. The Labute approximate surface area is 178 Å². The van der Waals surface area contributed by atoms with Crippen molar-refractivity contribution in [3.63, 3.8) is 0 Å². The first-order chi connectivity index (χ1) is 14.7. The van der Waals surface area contributed by atoms with Crippen molar-refractivity contribution >= 4 is 44.7 Å². The molecule has 1 aromatic heterocycles. The van der Waals surface area contributed by atoms with Gasteiger partial charge in [0.2, 0.25) is 0 Å². The van der Waals surface area contributed by atoms with Gasteiger partial charge >= 0.3 is 0 Å². The molecule has 2 amide bonds. The highest BCUT2D eigenvalue weighted by Gasteiger charge is 2.24. The van der Waals surface area contributed by atoms with Gasteiger partial charge in [-0.15, -0.1) is 11.3 Å². The summed E-state index contributed by atoms with van der Waals surface area (Å²) in [7, 11) is 0. The average molecular weight is 414 g/mol. The van der Waals surface area contributed by atoms with Crippen LogP contribution in [0, 0.1) is 0 Å². The molecular formula is C24H19N3O2S. The van der Waals surface area contributed by atoms with E-state index < -0.39 is 0 Å². The number of aryl methyl sites for hydroxylation is 1. The summed E-state index contributed by atoms with van der Waals surface area (Å²) in [6.45, 7) is 0.667. The Morgan fingerprint density at radius 1 is 0.967 bits per heavy atom. The number of carbonyl (C=O) groups is 2. The van der Waals surface area contributed by atoms with Crippen molar-refractivity contribution in [3.8, 4) is 0 Å². The zero-order valence-corrected chi connectivity index (χ0v) is 17.0. The van der Waals surface area contributed by atoms with Crippen molar-refractivity contribution in [1.29, 1.82) is 0 Å². The second kappa shape index (κ2) is 7.72. The van der Waals surface area contributed by atoms with Gasteiger partial charge in [0.05, 0.1) is 15.7 Å². The van der Waals surface area contributed by atoms with E-state index in [4.69, 9.17) is 0 Å². The molecule has 0 saturated heterocycles. The van der Waals surface area contributed by atoms with E-state index in [9.17, 15) is 9.59 Å². The normalized spacial score (nSPS) is 13.1. The number of carbonyl (C=O) groups excluding carboxylic acids is 2. The number of aromatic nitrogens is 1. The molecule has 3 aromatic carbocycles. The summed E-state index contributed by atoms with van der Waals surface area (Å²) < 4.78 is 0.979. The Kier molecular flexibility index (Phi) is 4.77. The minimum atomic E-state index is -0.179. The number of amides is 2. The molecule has 0 spiro atoms. The Morgan fingerprint density at radius 2 is 1.83 bits per heavy atom. The summed E-state index contributed by atoms with van der Waals surface area (Å²) in [6, 6.07) is 20.6. The van der Waals surface area contributed by atoms with Gasteiger partial charge in [0.15, 0.2) is 0 Å². The molecule has 148 valence electrons. The molecule has 4 aromatic rings. The number of nitrogens with zero attached hydrogens (tertiary/aromatic N) is 2. The molecule has 6 heteroatoms. The van der Waals surface area contributed by atoms with Crippen molar-refractivity contribution in [2.45, 2.75) is 12.8 Å². The minimum Gasteiger partial charge on any atom is -0.322 e. The molecule has 0 aliphatic carbocycles. The van der Waals surface area contributed by atoms with Crippen LogP contribution in [0.5, 0.6) is 0 Å². The Hall–Kier alpha value is -3.51. The van der Waals surface area contributed by atoms with Gasteiger partial charge in [0.1, 0.15) is 0 Å². The van der Waals surface area contributed by atoms with Gasteiger partial charge in [-0.05, 0) is 60.9 Å². The van der Waals surface area contributed by atoms with Gasteiger partial charge in [-0.25, -0.2) is 4.98 Å². The molecule has 0 unspecified atom stereocenters. The monoisotopic (exact) mass is 413 g/mol. The Bertz CT molecular complexity index is 1250. The van der Waals surface area contributed by atoms with Crippen LogP contribution in [0.2, 0.25) is 0 Å². The summed E-state index contributed by atoms with van der Waals surface area (Å²) in [5.74, 6) is -0.197. The van der Waals surface area contributed by atoms with Gasteiger partial charge in [-0.3, -0.25) is 9.59 Å². The van der Waals surface area contributed by atoms with Crippen molar-refractivity contribution in [2.24, 2.45) is 0 Å². The fraction of sp³-hybridized carbons (Fsp3) is 0.125. The number of anilines is 2. The predicted molar refractivity (Wildman–Crippen MR) is 120 cm³/mol. The van der Waals surface area contributed by atoms with Crippen LogP contribution in [-0.4, -0.2) is 23.3 Å². The van der Waals surface area contributed by atoms with Crippen LogP contribution in [0.4, 0.5) is 11.4 Å². The lowest BCUT2D eigenvalue weighted by molar-refractivity contribution is 0.0984. The van der Waals surface area contributed by atoms with E-state index in [1.54, 1.807) is 11.6 Å². The largest absolute Gasteiger partial charge is 0.322 e. The van der Waals surface area contributed by atoms with Crippen LogP contribution in [-0.2, 0) is 6.42 Å². The molecule has 0 saturated carbocycles. The minimum absolute atomic E-state index is 0.0179. The lowest BCUT2D eigenvalue weighted by Crippen LogP contribution is -2.35. The molecule has 1 aliphatic rings. The van der Waals surface area contributed by atoms with Crippen molar-refractivity contribution in [1.82, 2.24) is 4.98 Å². The maximum atomic E-state index is 13.1. The first kappa shape index (κ1) is 18.5. The van der Waals surface area contributed by atoms with E-state index in [0.29, 0.717) is 23.4 Å². The van der Waals surface area contributed by atoms with E-state index in [1.807, 2.05) is 65.6 Å². The zero-order valence-electron chi connectivity index (χ0n) is 16.2. The average Bonchev–Trinajstić information content (AvgIpc) is 3.27. The fourth-order valence-electron chi connectivity index (χ4n) is 3.80. The number of hydrogen-bond donors (Lipinski definition) is 1. The molecule has 1 aliphatic heterocycles. The first-order valence-electron chi connectivity index (χ1n) is 9.83. The van der Waals surface area contributed by atoms with E-state index in [2.05, 4.69) is 10.3 Å². The van der Waals surface area contributed by atoms with Gasteiger partial charge in [0, 0.05) is 29.0 Å². The summed E-state index contributed by atoms with van der Waals surface area (Å²) >= 11 is 1.51. The molecule has 0 fully saturated rings. The van der Waals surface area contributed by atoms with Crippen LogP contribution in [0.15, 0.2) is 72.2 Å². The van der Waals surface area contributed by atoms with Gasteiger partial charge in [0.25, 0.3) is 11.8 Å². The number of hydrogen-bond acceptors (Lipinski definition) is 4. The molecule has 0 radical (unpaired) electrons. The van der Waals surface area contributed by atoms with Crippen LogP contribution >= 0.6 is 11.3 Å². The molecule has 0 bridgehead atoms. The maximum absolute atomic E-state index is 13.1. The third-order valence-corrected chi connectivity index (χ3v) is 6.11. The maximum Gasteiger partial charge on any atom is 0.258 e. The molecular weight excluding hydrogens is 394 g/mol. The number of thiazole rings is 1. The molecule has 5 nitrogen and oxygen atoms in total. The number of benzene rings is 3. The van der Waals surface area contributed by atoms with Crippen molar-refractivity contribution < 1.29 is 9.59 Å². The van der Waals surface area contributed by atoms with E-state index >= 15 is 0 Å². The van der Waals surface area contributed by atoms with Crippen molar-refractivity contribution in [3.05, 3.63) is 88.9 Å². The SMILES string of the molecule is O=C(Nc1ccc2c(c1)N(C(=O)c1ccccc1)CCC2)c1ccc2ncsc2c1. The lowest BCUT2D eigenvalue weighted by atomic mass is 10.00. The van der Waals surface area contributed by atoms with E-state index in [-0.39, 0.29) is 11.8 Å². The highest BCUT2D eigenvalue weighted by atomic mass is 32.1. The predicted octanol–water partition coefficient (Wildman–Crippen LogP) is 5.14. The number of fused-ring (bicyclic) bond motifs is 2. The molecule has 5 rings (SSSR count). The Morgan fingerprint density at radius 3 is 2.70 bits per heavy atom. The summed E-state index contributed by atoms with van der Waals surface area (Å²) in [4.78, 5) is 31.9. The molecule has 30 heavy (non-hydrogen) atoms. The number of rotatable bonds is 3. The second-order valence-electron chi connectivity index (χ2n) is 7.26. The van der Waals surface area contributed by atoms with Crippen molar-refractivity contribution in [2.75, 3.05) is 16.8 Å². The Balaban J connectivity index is 1.42. The second-order valence-corrected chi connectivity index (χ2v) is 8.15. The third-order valence-electron chi connectivity index (χ3n) is 5.32. The van der Waals surface area contributed by atoms with Gasteiger partial charge in [-0.2, -0.15) is 0 Å². The van der Waals surface area contributed by atoms with Crippen LogP contribution in [0.3, 0.4) is 0 Å². The molecule has 0 atom stereocenters. The first-order valence-corrected chi connectivity index (χ1v) is 10.7. The standard InChI is InChI=1S/C24H19N3O2S/c28-23(18-9-11-20-22(13-18)30-15-25-20)26-19-10-8-16-7-4-12-27(21(16)14-19)24(29)17-5-2-1-3-6-17/h1-3,5-6,8-11,13-15H,4,7,12H2,(H,26,28). The molecule has 1 N–H and O–H groups in total.